The summed E-state index contributed by atoms with van der Waals surface area (Å²) in [7, 11) is 0. The molecule has 0 bridgehead atoms. The smallest absolute Gasteiger partial charge is 0.0579 e. The Morgan fingerprint density at radius 2 is 2.15 bits per heavy atom. The quantitative estimate of drug-likeness (QED) is 0.641. The molecule has 1 heterocycles. The Morgan fingerprint density at radius 1 is 1.31 bits per heavy atom. The van der Waals surface area contributed by atoms with Gasteiger partial charge in [-0.1, -0.05) is 6.92 Å². The second-order valence-electron chi connectivity index (χ2n) is 4.00. The SMILES string of the molecule is CCNCCCCC1CCC(C)O1. The van der Waals surface area contributed by atoms with Gasteiger partial charge in [-0.05, 0) is 52.1 Å². The molecule has 2 nitrogen and oxygen atoms in total. The van der Waals surface area contributed by atoms with E-state index in [2.05, 4.69) is 19.2 Å². The molecule has 0 aromatic rings. The molecule has 78 valence electrons. The van der Waals surface area contributed by atoms with Gasteiger partial charge < -0.3 is 10.1 Å². The predicted molar refractivity (Wildman–Crippen MR) is 56.0 cm³/mol. The average molecular weight is 185 g/mol. The van der Waals surface area contributed by atoms with Crippen LogP contribution in [-0.4, -0.2) is 25.3 Å². The zero-order valence-corrected chi connectivity index (χ0v) is 9.01. The molecule has 0 radical (unpaired) electrons. The van der Waals surface area contributed by atoms with E-state index >= 15 is 0 Å². The molecule has 0 spiro atoms. The highest BCUT2D eigenvalue weighted by molar-refractivity contribution is 4.70. The molecule has 1 N–H and O–H groups in total. The summed E-state index contributed by atoms with van der Waals surface area (Å²) in [6.45, 7) is 6.59. The van der Waals surface area contributed by atoms with Crippen LogP contribution in [0.5, 0.6) is 0 Å². The first-order valence-corrected chi connectivity index (χ1v) is 5.69. The van der Waals surface area contributed by atoms with Crippen molar-refractivity contribution in [3.8, 4) is 0 Å². The second kappa shape index (κ2) is 6.39. The van der Waals surface area contributed by atoms with E-state index in [0.717, 1.165) is 6.54 Å². The first-order valence-electron chi connectivity index (χ1n) is 5.69. The molecule has 0 saturated carbocycles. The molecule has 1 saturated heterocycles. The van der Waals surface area contributed by atoms with Crippen LogP contribution in [0.3, 0.4) is 0 Å². The third kappa shape index (κ3) is 4.63. The molecule has 2 unspecified atom stereocenters. The van der Waals surface area contributed by atoms with Crippen molar-refractivity contribution < 1.29 is 4.74 Å². The van der Waals surface area contributed by atoms with Gasteiger partial charge in [0.15, 0.2) is 0 Å². The van der Waals surface area contributed by atoms with Crippen molar-refractivity contribution >= 4 is 0 Å². The molecule has 2 atom stereocenters. The van der Waals surface area contributed by atoms with Crippen LogP contribution in [0.2, 0.25) is 0 Å². The number of rotatable bonds is 6. The summed E-state index contributed by atoms with van der Waals surface area (Å²) in [5, 5.41) is 3.34. The van der Waals surface area contributed by atoms with Crippen LogP contribution in [0.25, 0.3) is 0 Å². The number of nitrogens with one attached hydrogen (secondary N) is 1. The molecule has 0 aliphatic carbocycles. The first-order chi connectivity index (χ1) is 6.33. The zero-order chi connectivity index (χ0) is 9.52. The molecular formula is C11H23NO. The van der Waals surface area contributed by atoms with Crippen molar-refractivity contribution in [2.45, 2.75) is 58.2 Å². The highest BCUT2D eigenvalue weighted by Gasteiger charge is 2.20. The van der Waals surface area contributed by atoms with E-state index in [-0.39, 0.29) is 0 Å². The summed E-state index contributed by atoms with van der Waals surface area (Å²) in [6, 6.07) is 0. The van der Waals surface area contributed by atoms with Crippen LogP contribution < -0.4 is 5.32 Å². The van der Waals surface area contributed by atoms with E-state index in [4.69, 9.17) is 4.74 Å². The summed E-state index contributed by atoms with van der Waals surface area (Å²) >= 11 is 0. The van der Waals surface area contributed by atoms with Crippen molar-refractivity contribution in [3.63, 3.8) is 0 Å². The van der Waals surface area contributed by atoms with Gasteiger partial charge >= 0.3 is 0 Å². The minimum absolute atomic E-state index is 0.513. The van der Waals surface area contributed by atoms with Crippen molar-refractivity contribution in [2.24, 2.45) is 0 Å². The molecule has 0 amide bonds. The van der Waals surface area contributed by atoms with Gasteiger partial charge in [-0.2, -0.15) is 0 Å². The number of hydrogen-bond acceptors (Lipinski definition) is 2. The van der Waals surface area contributed by atoms with Crippen LogP contribution >= 0.6 is 0 Å². The Balaban J connectivity index is 1.88. The van der Waals surface area contributed by atoms with E-state index in [1.807, 2.05) is 0 Å². The summed E-state index contributed by atoms with van der Waals surface area (Å²) in [6.07, 6.45) is 7.48. The molecule has 2 heteroatoms. The highest BCUT2D eigenvalue weighted by atomic mass is 16.5. The van der Waals surface area contributed by atoms with Crippen LogP contribution in [-0.2, 0) is 4.74 Å². The fourth-order valence-corrected chi connectivity index (χ4v) is 1.90. The zero-order valence-electron chi connectivity index (χ0n) is 9.01. The Bertz CT molecular complexity index is 127. The maximum absolute atomic E-state index is 5.75. The number of hydrogen-bond donors (Lipinski definition) is 1. The number of ether oxygens (including phenoxy) is 1. The Labute approximate surface area is 82.0 Å². The van der Waals surface area contributed by atoms with Gasteiger partial charge in [-0.25, -0.2) is 0 Å². The third-order valence-electron chi connectivity index (χ3n) is 2.70. The second-order valence-corrected chi connectivity index (χ2v) is 4.00. The largest absolute Gasteiger partial charge is 0.375 e. The summed E-state index contributed by atoms with van der Waals surface area (Å²) in [5.41, 5.74) is 0. The predicted octanol–water partition coefficient (Wildman–Crippen LogP) is 2.33. The van der Waals surface area contributed by atoms with E-state index in [0.29, 0.717) is 12.2 Å². The minimum atomic E-state index is 0.513. The Hall–Kier alpha value is -0.0800. The van der Waals surface area contributed by atoms with Crippen LogP contribution in [0.15, 0.2) is 0 Å². The van der Waals surface area contributed by atoms with E-state index in [1.165, 1.54) is 38.6 Å². The van der Waals surface area contributed by atoms with Crippen molar-refractivity contribution in [1.29, 1.82) is 0 Å². The van der Waals surface area contributed by atoms with Crippen LogP contribution in [0.4, 0.5) is 0 Å². The van der Waals surface area contributed by atoms with Gasteiger partial charge in [0.05, 0.1) is 12.2 Å². The Morgan fingerprint density at radius 3 is 2.77 bits per heavy atom. The van der Waals surface area contributed by atoms with E-state index in [9.17, 15) is 0 Å². The molecule has 1 aliphatic heterocycles. The van der Waals surface area contributed by atoms with E-state index in [1.54, 1.807) is 0 Å². The van der Waals surface area contributed by atoms with E-state index < -0.39 is 0 Å². The lowest BCUT2D eigenvalue weighted by molar-refractivity contribution is 0.0496. The normalized spacial score (nSPS) is 28.2. The lowest BCUT2D eigenvalue weighted by Crippen LogP contribution is -2.15. The molecule has 13 heavy (non-hydrogen) atoms. The molecule has 0 aromatic heterocycles. The summed E-state index contributed by atoms with van der Waals surface area (Å²) in [4.78, 5) is 0. The number of unbranched alkanes of at least 4 members (excludes halogenated alkanes) is 1. The molecule has 1 fully saturated rings. The third-order valence-corrected chi connectivity index (χ3v) is 2.70. The fraction of sp³-hybridized carbons (Fsp3) is 1.00. The topological polar surface area (TPSA) is 21.3 Å². The maximum atomic E-state index is 5.75. The first kappa shape index (κ1) is 11.0. The molecule has 0 aromatic carbocycles. The minimum Gasteiger partial charge on any atom is -0.375 e. The lowest BCUT2D eigenvalue weighted by atomic mass is 10.1. The van der Waals surface area contributed by atoms with Gasteiger partial charge in [0.25, 0.3) is 0 Å². The standard InChI is InChI=1S/C11H23NO/c1-3-12-9-5-4-6-11-8-7-10(2)13-11/h10-12H,3-9H2,1-2H3. The average Bonchev–Trinajstić information content (AvgIpc) is 2.51. The summed E-state index contributed by atoms with van der Waals surface area (Å²) in [5.74, 6) is 0. The van der Waals surface area contributed by atoms with Crippen LogP contribution in [0.1, 0.15) is 46.0 Å². The van der Waals surface area contributed by atoms with Gasteiger partial charge in [0.2, 0.25) is 0 Å². The van der Waals surface area contributed by atoms with Gasteiger partial charge in [-0.15, -0.1) is 0 Å². The molecule has 1 aliphatic rings. The lowest BCUT2D eigenvalue weighted by Gasteiger charge is -2.10. The fourth-order valence-electron chi connectivity index (χ4n) is 1.90. The van der Waals surface area contributed by atoms with Crippen molar-refractivity contribution in [2.75, 3.05) is 13.1 Å². The highest BCUT2D eigenvalue weighted by Crippen LogP contribution is 2.22. The molecule has 1 rings (SSSR count). The van der Waals surface area contributed by atoms with Gasteiger partial charge in [0, 0.05) is 0 Å². The van der Waals surface area contributed by atoms with Crippen molar-refractivity contribution in [1.82, 2.24) is 5.32 Å². The monoisotopic (exact) mass is 185 g/mol. The molecular weight excluding hydrogens is 162 g/mol. The summed E-state index contributed by atoms with van der Waals surface area (Å²) < 4.78 is 5.75. The Kier molecular flexibility index (Phi) is 5.40. The maximum Gasteiger partial charge on any atom is 0.0579 e. The van der Waals surface area contributed by atoms with Crippen LogP contribution in [0, 0.1) is 0 Å². The van der Waals surface area contributed by atoms with Gasteiger partial charge in [0.1, 0.15) is 0 Å². The van der Waals surface area contributed by atoms with Crippen molar-refractivity contribution in [3.05, 3.63) is 0 Å². The van der Waals surface area contributed by atoms with Gasteiger partial charge in [-0.3, -0.25) is 0 Å².